The number of allylic oxidation sites excluding steroid dienone is 2. The lowest BCUT2D eigenvalue weighted by molar-refractivity contribution is -0.143. The minimum absolute atomic E-state index is 0.163. The maximum atomic E-state index is 10.8. The van der Waals surface area contributed by atoms with Crippen LogP contribution in [0.15, 0.2) is 29.0 Å². The molecule has 0 radical (unpaired) electrons. The highest BCUT2D eigenvalue weighted by atomic mass is 16.5. The third-order valence-electron chi connectivity index (χ3n) is 2.43. The molecular formula is C16H26O2. The Bertz CT molecular complexity index is 363. The van der Waals surface area contributed by atoms with Gasteiger partial charge in [0.25, 0.3) is 0 Å². The van der Waals surface area contributed by atoms with Crippen molar-refractivity contribution in [3.8, 4) is 0 Å². The van der Waals surface area contributed by atoms with Crippen molar-refractivity contribution < 1.29 is 9.53 Å². The molecule has 0 heterocycles. The molecular weight excluding hydrogens is 224 g/mol. The van der Waals surface area contributed by atoms with E-state index in [0.29, 0.717) is 6.61 Å². The van der Waals surface area contributed by atoms with Gasteiger partial charge in [0.2, 0.25) is 0 Å². The van der Waals surface area contributed by atoms with Crippen LogP contribution in [0.25, 0.3) is 0 Å². The highest BCUT2D eigenvalue weighted by Crippen LogP contribution is 2.17. The molecule has 0 aromatic rings. The van der Waals surface area contributed by atoms with E-state index in [0.717, 1.165) is 12.8 Å². The van der Waals surface area contributed by atoms with E-state index in [1.54, 1.807) is 0 Å². The number of rotatable bonds is 6. The van der Waals surface area contributed by atoms with Crippen molar-refractivity contribution in [1.82, 2.24) is 0 Å². The van der Waals surface area contributed by atoms with Crippen LogP contribution >= 0.6 is 0 Å². The second kappa shape index (κ2) is 7.94. The second-order valence-corrected chi connectivity index (χ2v) is 5.66. The Hall–Kier alpha value is -1.27. The van der Waals surface area contributed by atoms with Crippen LogP contribution in [-0.4, -0.2) is 12.6 Å². The van der Waals surface area contributed by atoms with Gasteiger partial charge in [0.1, 0.15) is 6.61 Å². The largest absolute Gasteiger partial charge is 0.465 e. The zero-order valence-corrected chi connectivity index (χ0v) is 12.6. The van der Waals surface area contributed by atoms with Crippen LogP contribution in [0.3, 0.4) is 0 Å². The van der Waals surface area contributed by atoms with E-state index < -0.39 is 0 Å². The van der Waals surface area contributed by atoms with Gasteiger partial charge in [0.05, 0.1) is 0 Å². The van der Waals surface area contributed by atoms with E-state index in [1.807, 2.05) is 19.9 Å². The van der Waals surface area contributed by atoms with Gasteiger partial charge in [-0.3, -0.25) is 4.79 Å². The van der Waals surface area contributed by atoms with Gasteiger partial charge in [-0.05, 0) is 45.3 Å². The Morgan fingerprint density at radius 2 is 1.83 bits per heavy atom. The monoisotopic (exact) mass is 250 g/mol. The minimum Gasteiger partial charge on any atom is -0.465 e. The van der Waals surface area contributed by atoms with Crippen LogP contribution in [-0.2, 0) is 9.53 Å². The summed E-state index contributed by atoms with van der Waals surface area (Å²) in [5, 5.41) is 0. The van der Waals surface area contributed by atoms with Crippen LogP contribution < -0.4 is 0 Å². The van der Waals surface area contributed by atoms with E-state index in [1.165, 1.54) is 18.1 Å². The van der Waals surface area contributed by atoms with E-state index in [-0.39, 0.29) is 11.4 Å². The molecule has 0 aliphatic rings. The number of carbonyl (C=O) groups is 1. The van der Waals surface area contributed by atoms with Gasteiger partial charge in [-0.1, -0.05) is 25.5 Å². The first-order valence-corrected chi connectivity index (χ1v) is 6.43. The molecule has 0 aromatic heterocycles. The molecule has 0 aromatic carbocycles. The first kappa shape index (κ1) is 16.7. The Kier molecular flexibility index (Phi) is 7.38. The van der Waals surface area contributed by atoms with Crippen molar-refractivity contribution in [2.75, 3.05) is 6.61 Å². The number of hydrogen-bond donors (Lipinski definition) is 0. The molecule has 2 nitrogen and oxygen atoms in total. The highest BCUT2D eigenvalue weighted by Gasteiger charge is 2.15. The average Bonchev–Trinajstić information content (AvgIpc) is 2.24. The summed E-state index contributed by atoms with van der Waals surface area (Å²) in [4.78, 5) is 10.8. The van der Waals surface area contributed by atoms with Crippen LogP contribution in [0.4, 0.5) is 0 Å². The van der Waals surface area contributed by atoms with Crippen molar-refractivity contribution in [2.24, 2.45) is 5.41 Å². The van der Waals surface area contributed by atoms with E-state index in [9.17, 15) is 4.79 Å². The second-order valence-electron chi connectivity index (χ2n) is 5.66. The minimum atomic E-state index is -0.235. The third-order valence-corrected chi connectivity index (χ3v) is 2.43. The molecule has 0 saturated heterocycles. The van der Waals surface area contributed by atoms with Gasteiger partial charge in [0.15, 0.2) is 0 Å². The first-order chi connectivity index (χ1) is 8.23. The molecule has 0 rings (SSSR count). The molecule has 18 heavy (non-hydrogen) atoms. The van der Waals surface area contributed by atoms with Gasteiger partial charge in [0, 0.05) is 12.3 Å². The van der Waals surface area contributed by atoms with Gasteiger partial charge in [-0.15, -0.1) is 5.73 Å². The first-order valence-electron chi connectivity index (χ1n) is 6.43. The van der Waals surface area contributed by atoms with Crippen molar-refractivity contribution in [2.45, 2.75) is 54.4 Å². The standard InChI is InChI=1S/C16H26O2/c1-13(2)8-7-9-14(3)10-11-16(5,6)12-18-15(4)17/h8,11H,7,9,12H2,1-6H3. The lowest BCUT2D eigenvalue weighted by Gasteiger charge is -2.18. The van der Waals surface area contributed by atoms with Gasteiger partial charge < -0.3 is 4.74 Å². The zero-order valence-electron chi connectivity index (χ0n) is 12.6. The normalized spacial score (nSPS) is 10.3. The summed E-state index contributed by atoms with van der Waals surface area (Å²) >= 11 is 0. The molecule has 0 aliphatic carbocycles. The summed E-state index contributed by atoms with van der Waals surface area (Å²) in [7, 11) is 0. The fourth-order valence-corrected chi connectivity index (χ4v) is 1.30. The molecule has 0 atom stereocenters. The fraction of sp³-hybridized carbons (Fsp3) is 0.625. The Labute approximate surface area is 111 Å². The summed E-state index contributed by atoms with van der Waals surface area (Å²) in [5.41, 5.74) is 5.70. The summed E-state index contributed by atoms with van der Waals surface area (Å²) in [6, 6.07) is 0. The summed E-state index contributed by atoms with van der Waals surface area (Å²) in [6.07, 6.45) is 6.30. The predicted molar refractivity (Wildman–Crippen MR) is 76.3 cm³/mol. The number of ether oxygens (including phenoxy) is 1. The molecule has 0 bridgehead atoms. The van der Waals surface area contributed by atoms with Crippen molar-refractivity contribution in [3.63, 3.8) is 0 Å². The van der Waals surface area contributed by atoms with Gasteiger partial charge in [-0.25, -0.2) is 0 Å². The van der Waals surface area contributed by atoms with Crippen LogP contribution in [0.2, 0.25) is 0 Å². The number of esters is 1. The maximum absolute atomic E-state index is 10.8. The molecule has 102 valence electrons. The quantitative estimate of drug-likeness (QED) is 0.396. The fourth-order valence-electron chi connectivity index (χ4n) is 1.30. The summed E-state index contributed by atoms with van der Waals surface area (Å²) in [5.74, 6) is -0.235. The number of hydrogen-bond acceptors (Lipinski definition) is 2. The highest BCUT2D eigenvalue weighted by molar-refractivity contribution is 5.65. The van der Waals surface area contributed by atoms with Crippen LogP contribution in [0.1, 0.15) is 54.4 Å². The Morgan fingerprint density at radius 3 is 2.33 bits per heavy atom. The third kappa shape index (κ3) is 9.92. The predicted octanol–water partition coefficient (Wildman–Crippen LogP) is 4.42. The number of carbonyl (C=O) groups excluding carboxylic acids is 1. The molecule has 0 saturated carbocycles. The lowest BCUT2D eigenvalue weighted by atomic mass is 9.94. The van der Waals surface area contributed by atoms with Crippen molar-refractivity contribution in [3.05, 3.63) is 29.0 Å². The molecule has 0 spiro atoms. The van der Waals surface area contributed by atoms with Crippen molar-refractivity contribution >= 4 is 5.97 Å². The van der Waals surface area contributed by atoms with Crippen molar-refractivity contribution in [1.29, 1.82) is 0 Å². The maximum Gasteiger partial charge on any atom is 0.302 e. The molecule has 2 heteroatoms. The molecule has 0 fully saturated rings. The van der Waals surface area contributed by atoms with Gasteiger partial charge in [-0.2, -0.15) is 0 Å². The Balaban J connectivity index is 4.38. The SMILES string of the molecule is CC(=O)OCC(C)(C)C=C=C(C)CCC=C(C)C. The lowest BCUT2D eigenvalue weighted by Crippen LogP contribution is -2.18. The average molecular weight is 250 g/mol. The van der Waals surface area contributed by atoms with Crippen LogP contribution in [0, 0.1) is 5.41 Å². The summed E-state index contributed by atoms with van der Waals surface area (Å²) in [6.45, 7) is 12.2. The molecule has 0 unspecified atom stereocenters. The zero-order chi connectivity index (χ0) is 14.2. The van der Waals surface area contributed by atoms with Crippen LogP contribution in [0.5, 0.6) is 0 Å². The van der Waals surface area contributed by atoms with E-state index >= 15 is 0 Å². The van der Waals surface area contributed by atoms with E-state index in [4.69, 9.17) is 4.74 Å². The summed E-state index contributed by atoms with van der Waals surface area (Å²) < 4.78 is 5.02. The smallest absolute Gasteiger partial charge is 0.302 e. The molecule has 0 N–H and O–H groups in total. The van der Waals surface area contributed by atoms with E-state index in [2.05, 4.69) is 32.6 Å². The Morgan fingerprint density at radius 1 is 1.22 bits per heavy atom. The molecule has 0 amide bonds. The molecule has 0 aliphatic heterocycles. The topological polar surface area (TPSA) is 26.3 Å². The van der Waals surface area contributed by atoms with Gasteiger partial charge >= 0.3 is 5.97 Å².